The quantitative estimate of drug-likeness (QED) is 0.599. The summed E-state index contributed by atoms with van der Waals surface area (Å²) < 4.78 is 4.96. The number of methoxy groups -OCH3 is 1. The van der Waals surface area contributed by atoms with Gasteiger partial charge in [-0.1, -0.05) is 12.8 Å². The van der Waals surface area contributed by atoms with Crippen LogP contribution >= 0.6 is 0 Å². The van der Waals surface area contributed by atoms with Crippen LogP contribution in [0.4, 0.5) is 0 Å². The number of carboxylic acids is 1. The van der Waals surface area contributed by atoms with E-state index in [9.17, 15) is 4.79 Å². The largest absolute Gasteiger partial charge is 0.480 e. The molecule has 1 unspecified atom stereocenters. The molecule has 0 aromatic carbocycles. The van der Waals surface area contributed by atoms with Crippen molar-refractivity contribution in [1.82, 2.24) is 4.90 Å². The van der Waals surface area contributed by atoms with Crippen molar-refractivity contribution in [3.8, 4) is 12.3 Å². The SMILES string of the molecule is C#CCN(CC(=O)O)CC(C)COC. The van der Waals surface area contributed by atoms with E-state index in [1.165, 1.54) is 0 Å². The smallest absolute Gasteiger partial charge is 0.317 e. The van der Waals surface area contributed by atoms with Gasteiger partial charge < -0.3 is 9.84 Å². The van der Waals surface area contributed by atoms with E-state index >= 15 is 0 Å². The lowest BCUT2D eigenvalue weighted by Crippen LogP contribution is -2.34. The summed E-state index contributed by atoms with van der Waals surface area (Å²) >= 11 is 0. The molecule has 0 aliphatic heterocycles. The second-order valence-electron chi connectivity index (χ2n) is 3.33. The Kier molecular flexibility index (Phi) is 6.81. The van der Waals surface area contributed by atoms with Gasteiger partial charge in [-0.05, 0) is 5.92 Å². The highest BCUT2D eigenvalue weighted by Gasteiger charge is 2.12. The average molecular weight is 199 g/mol. The van der Waals surface area contributed by atoms with Crippen LogP contribution in [-0.2, 0) is 9.53 Å². The van der Waals surface area contributed by atoms with E-state index in [1.54, 1.807) is 12.0 Å². The Morgan fingerprint density at radius 3 is 2.79 bits per heavy atom. The Morgan fingerprint density at radius 1 is 1.71 bits per heavy atom. The molecule has 0 radical (unpaired) electrons. The van der Waals surface area contributed by atoms with Crippen LogP contribution in [0.5, 0.6) is 0 Å². The second-order valence-corrected chi connectivity index (χ2v) is 3.33. The minimum Gasteiger partial charge on any atom is -0.480 e. The molecule has 4 nitrogen and oxygen atoms in total. The van der Waals surface area contributed by atoms with E-state index in [0.717, 1.165) is 0 Å². The molecule has 1 N–H and O–H groups in total. The molecule has 1 atom stereocenters. The number of carbonyl (C=O) groups is 1. The minimum atomic E-state index is -0.857. The van der Waals surface area contributed by atoms with Crippen molar-refractivity contribution >= 4 is 5.97 Å². The van der Waals surface area contributed by atoms with Gasteiger partial charge in [-0.25, -0.2) is 0 Å². The first-order valence-corrected chi connectivity index (χ1v) is 4.46. The molecule has 0 rings (SSSR count). The van der Waals surface area contributed by atoms with E-state index in [2.05, 4.69) is 5.92 Å². The number of nitrogens with zero attached hydrogens (tertiary/aromatic N) is 1. The molecular formula is C10H17NO3. The standard InChI is InChI=1S/C10H17NO3/c1-4-5-11(7-10(12)13)6-9(2)8-14-3/h1,9H,5-8H2,2-3H3,(H,12,13). The Hall–Kier alpha value is -1.05. The van der Waals surface area contributed by atoms with E-state index < -0.39 is 5.97 Å². The summed E-state index contributed by atoms with van der Waals surface area (Å²) in [6.07, 6.45) is 5.14. The first kappa shape index (κ1) is 12.9. The third-order valence-corrected chi connectivity index (χ3v) is 1.69. The average Bonchev–Trinajstić information content (AvgIpc) is 2.03. The molecule has 80 valence electrons. The number of terminal acetylenes is 1. The predicted molar refractivity (Wildman–Crippen MR) is 53.9 cm³/mol. The lowest BCUT2D eigenvalue weighted by Gasteiger charge is -2.21. The lowest BCUT2D eigenvalue weighted by molar-refractivity contribution is -0.138. The van der Waals surface area contributed by atoms with Gasteiger partial charge in [0, 0.05) is 20.3 Å². The number of carboxylic acid groups (broad SMARTS) is 1. The fourth-order valence-corrected chi connectivity index (χ4v) is 1.28. The Bertz CT molecular complexity index is 210. The zero-order valence-corrected chi connectivity index (χ0v) is 8.69. The number of rotatable bonds is 7. The summed E-state index contributed by atoms with van der Waals surface area (Å²) in [5.41, 5.74) is 0. The number of hydrogen-bond acceptors (Lipinski definition) is 3. The zero-order chi connectivity index (χ0) is 11.0. The summed E-state index contributed by atoms with van der Waals surface area (Å²) in [4.78, 5) is 12.2. The van der Waals surface area contributed by atoms with Crippen molar-refractivity contribution in [3.63, 3.8) is 0 Å². The molecule has 0 fully saturated rings. The first-order chi connectivity index (χ1) is 6.60. The van der Waals surface area contributed by atoms with Crippen LogP contribution in [0.15, 0.2) is 0 Å². The Morgan fingerprint density at radius 2 is 2.36 bits per heavy atom. The molecule has 0 amide bonds. The molecule has 0 aliphatic carbocycles. The van der Waals surface area contributed by atoms with Crippen molar-refractivity contribution in [2.75, 3.05) is 33.4 Å². The van der Waals surface area contributed by atoms with Gasteiger partial charge in [0.2, 0.25) is 0 Å². The molecule has 0 spiro atoms. The molecule has 0 saturated carbocycles. The molecule has 0 bridgehead atoms. The zero-order valence-electron chi connectivity index (χ0n) is 8.69. The predicted octanol–water partition coefficient (Wildman–Crippen LogP) is 0.289. The van der Waals surface area contributed by atoms with Gasteiger partial charge >= 0.3 is 5.97 Å². The maximum atomic E-state index is 10.5. The van der Waals surface area contributed by atoms with E-state index in [1.807, 2.05) is 6.92 Å². The number of hydrogen-bond donors (Lipinski definition) is 1. The topological polar surface area (TPSA) is 49.8 Å². The van der Waals surface area contributed by atoms with Crippen LogP contribution in [0.1, 0.15) is 6.92 Å². The Balaban J connectivity index is 3.95. The molecule has 4 heteroatoms. The third kappa shape index (κ3) is 6.46. The maximum Gasteiger partial charge on any atom is 0.317 e. The van der Waals surface area contributed by atoms with Crippen LogP contribution in [0.2, 0.25) is 0 Å². The molecule has 0 aromatic heterocycles. The van der Waals surface area contributed by atoms with Crippen LogP contribution < -0.4 is 0 Å². The minimum absolute atomic E-state index is 0.0156. The second kappa shape index (κ2) is 7.36. The van der Waals surface area contributed by atoms with Crippen molar-refractivity contribution in [3.05, 3.63) is 0 Å². The lowest BCUT2D eigenvalue weighted by atomic mass is 10.2. The van der Waals surface area contributed by atoms with E-state index in [-0.39, 0.29) is 12.5 Å². The first-order valence-electron chi connectivity index (χ1n) is 4.46. The summed E-state index contributed by atoms with van der Waals surface area (Å²) in [6, 6.07) is 0. The highest BCUT2D eigenvalue weighted by atomic mass is 16.5. The highest BCUT2D eigenvalue weighted by Crippen LogP contribution is 1.99. The summed E-state index contributed by atoms with van der Waals surface area (Å²) in [6.45, 7) is 3.60. The Labute approximate surface area is 84.9 Å². The van der Waals surface area contributed by atoms with Gasteiger partial charge in [0.1, 0.15) is 0 Å². The molecule has 0 saturated heterocycles. The van der Waals surface area contributed by atoms with Crippen molar-refractivity contribution in [1.29, 1.82) is 0 Å². The third-order valence-electron chi connectivity index (χ3n) is 1.69. The van der Waals surface area contributed by atoms with Gasteiger partial charge in [0.05, 0.1) is 13.1 Å². The van der Waals surface area contributed by atoms with Crippen LogP contribution in [0.3, 0.4) is 0 Å². The summed E-state index contributed by atoms with van der Waals surface area (Å²) in [5.74, 6) is 1.87. The molecule has 0 heterocycles. The van der Waals surface area contributed by atoms with Gasteiger partial charge in [-0.15, -0.1) is 6.42 Å². The number of aliphatic carboxylic acids is 1. The maximum absolute atomic E-state index is 10.5. The van der Waals surface area contributed by atoms with Crippen LogP contribution in [0, 0.1) is 18.3 Å². The van der Waals surface area contributed by atoms with Gasteiger partial charge in [0.15, 0.2) is 0 Å². The molecule has 0 aliphatic rings. The highest BCUT2D eigenvalue weighted by molar-refractivity contribution is 5.69. The fourth-order valence-electron chi connectivity index (χ4n) is 1.28. The van der Waals surface area contributed by atoms with Gasteiger partial charge in [-0.3, -0.25) is 9.69 Å². The van der Waals surface area contributed by atoms with Gasteiger partial charge in [0.25, 0.3) is 0 Å². The molecule has 0 aromatic rings. The molecule has 14 heavy (non-hydrogen) atoms. The number of ether oxygens (including phenoxy) is 1. The van der Waals surface area contributed by atoms with Crippen LogP contribution in [0.25, 0.3) is 0 Å². The monoisotopic (exact) mass is 199 g/mol. The van der Waals surface area contributed by atoms with Crippen molar-refractivity contribution in [2.45, 2.75) is 6.92 Å². The fraction of sp³-hybridized carbons (Fsp3) is 0.700. The van der Waals surface area contributed by atoms with Crippen LogP contribution in [-0.4, -0.2) is 49.3 Å². The normalized spacial score (nSPS) is 12.4. The van der Waals surface area contributed by atoms with E-state index in [4.69, 9.17) is 16.3 Å². The van der Waals surface area contributed by atoms with Crippen molar-refractivity contribution in [2.24, 2.45) is 5.92 Å². The van der Waals surface area contributed by atoms with Crippen molar-refractivity contribution < 1.29 is 14.6 Å². The molecular weight excluding hydrogens is 182 g/mol. The van der Waals surface area contributed by atoms with Gasteiger partial charge in [-0.2, -0.15) is 0 Å². The van der Waals surface area contributed by atoms with E-state index in [0.29, 0.717) is 19.7 Å². The summed E-state index contributed by atoms with van der Waals surface area (Å²) in [5, 5.41) is 8.61. The summed E-state index contributed by atoms with van der Waals surface area (Å²) in [7, 11) is 1.62.